The summed E-state index contributed by atoms with van der Waals surface area (Å²) < 4.78 is 11.1. The van der Waals surface area contributed by atoms with Crippen LogP contribution in [0, 0.1) is 0 Å². The quantitative estimate of drug-likeness (QED) is 0.0264. The van der Waals surface area contributed by atoms with Gasteiger partial charge in [0, 0.05) is 0 Å². The van der Waals surface area contributed by atoms with E-state index < -0.39 is 61.5 Å². The molecular weight excluding hydrogens is 686 g/mol. The summed E-state index contributed by atoms with van der Waals surface area (Å²) in [6, 6.07) is -1.01. The van der Waals surface area contributed by atoms with E-state index in [9.17, 15) is 35.4 Å². The molecule has 7 N–H and O–H groups in total. The Kier molecular flexibility index (Phi) is 31.9. The maximum Gasteiger partial charge on any atom is 0.249 e. The smallest absolute Gasteiger partial charge is 0.249 e. The molecule has 8 atom stereocenters. The molecular formula is C44H79NO9. The number of carbonyl (C=O) groups is 1. The number of amides is 1. The van der Waals surface area contributed by atoms with Gasteiger partial charge in [0.1, 0.15) is 30.5 Å². The van der Waals surface area contributed by atoms with Crippen LogP contribution in [0.5, 0.6) is 0 Å². The number of carbonyl (C=O) groups excluding carboxylic acids is 1. The lowest BCUT2D eigenvalue weighted by Gasteiger charge is -2.40. The number of unbranched alkanes of at least 4 members (excludes halogenated alkanes) is 17. The predicted molar refractivity (Wildman–Crippen MR) is 218 cm³/mol. The number of ether oxygens (including phenoxy) is 2. The van der Waals surface area contributed by atoms with Gasteiger partial charge in [-0.2, -0.15) is 0 Å². The van der Waals surface area contributed by atoms with Crippen LogP contribution in [0.15, 0.2) is 48.6 Å². The van der Waals surface area contributed by atoms with E-state index in [2.05, 4.69) is 55.6 Å². The van der Waals surface area contributed by atoms with E-state index in [1.807, 2.05) is 6.08 Å². The number of nitrogens with one attached hydrogen (secondary N) is 1. The first-order valence-electron chi connectivity index (χ1n) is 21.5. The maximum atomic E-state index is 13.0. The normalized spacial score (nSPS) is 22.6. The van der Waals surface area contributed by atoms with Crippen molar-refractivity contribution in [1.82, 2.24) is 5.32 Å². The SMILES string of the molecule is CCCCCC/C=C/CC/C=C/CC/C=C/C(O)C(COC1OC(CO)C(O)C(O)C1O)NC(=O)C(O)CCCCCC/C=C\CCCCCCCCC. The van der Waals surface area contributed by atoms with Crippen molar-refractivity contribution in [2.75, 3.05) is 13.2 Å². The zero-order valence-electron chi connectivity index (χ0n) is 33.8. The first kappa shape index (κ1) is 50.1. The molecule has 1 aliphatic heterocycles. The monoisotopic (exact) mass is 766 g/mol. The van der Waals surface area contributed by atoms with Gasteiger partial charge in [-0.1, -0.05) is 140 Å². The Hall–Kier alpha value is -1.89. The van der Waals surface area contributed by atoms with E-state index in [0.717, 1.165) is 57.8 Å². The van der Waals surface area contributed by atoms with Gasteiger partial charge >= 0.3 is 0 Å². The summed E-state index contributed by atoms with van der Waals surface area (Å²) in [7, 11) is 0. The van der Waals surface area contributed by atoms with Crippen molar-refractivity contribution in [2.24, 2.45) is 0 Å². The summed E-state index contributed by atoms with van der Waals surface area (Å²) in [6.45, 7) is 3.53. The highest BCUT2D eigenvalue weighted by Crippen LogP contribution is 2.22. The Morgan fingerprint density at radius 2 is 1.09 bits per heavy atom. The van der Waals surface area contributed by atoms with E-state index in [-0.39, 0.29) is 13.0 Å². The molecule has 0 spiro atoms. The molecule has 10 heteroatoms. The highest BCUT2D eigenvalue weighted by Gasteiger charge is 2.44. The van der Waals surface area contributed by atoms with E-state index >= 15 is 0 Å². The topological polar surface area (TPSA) is 169 Å². The maximum absolute atomic E-state index is 13.0. The number of hydrogen-bond acceptors (Lipinski definition) is 9. The van der Waals surface area contributed by atoms with Gasteiger partial charge < -0.3 is 45.4 Å². The zero-order valence-corrected chi connectivity index (χ0v) is 33.8. The van der Waals surface area contributed by atoms with Gasteiger partial charge in [0.25, 0.3) is 0 Å². The highest BCUT2D eigenvalue weighted by molar-refractivity contribution is 5.80. The lowest BCUT2D eigenvalue weighted by Crippen LogP contribution is -2.60. The number of aliphatic hydroxyl groups excluding tert-OH is 6. The van der Waals surface area contributed by atoms with E-state index in [1.54, 1.807) is 6.08 Å². The van der Waals surface area contributed by atoms with Crippen LogP contribution in [-0.4, -0.2) is 98.7 Å². The van der Waals surface area contributed by atoms with E-state index in [1.165, 1.54) is 70.6 Å². The second-order valence-corrected chi connectivity index (χ2v) is 14.9. The molecule has 1 aliphatic rings. The third-order valence-electron chi connectivity index (χ3n) is 9.96. The number of aliphatic hydroxyl groups is 6. The van der Waals surface area contributed by atoms with Crippen LogP contribution in [-0.2, 0) is 14.3 Å². The third-order valence-corrected chi connectivity index (χ3v) is 9.96. The van der Waals surface area contributed by atoms with Crippen LogP contribution < -0.4 is 5.32 Å². The van der Waals surface area contributed by atoms with Crippen LogP contribution in [0.1, 0.15) is 162 Å². The molecule has 0 radical (unpaired) electrons. The molecule has 0 bridgehead atoms. The molecule has 0 saturated carbocycles. The van der Waals surface area contributed by atoms with Crippen molar-refractivity contribution in [3.05, 3.63) is 48.6 Å². The number of hydrogen-bond donors (Lipinski definition) is 7. The fourth-order valence-corrected chi connectivity index (χ4v) is 6.36. The minimum atomic E-state index is -1.62. The first-order valence-corrected chi connectivity index (χ1v) is 21.5. The van der Waals surface area contributed by atoms with Gasteiger partial charge in [0.15, 0.2) is 6.29 Å². The van der Waals surface area contributed by atoms with Gasteiger partial charge in [-0.15, -0.1) is 0 Å². The Morgan fingerprint density at radius 1 is 0.630 bits per heavy atom. The molecule has 54 heavy (non-hydrogen) atoms. The molecule has 10 nitrogen and oxygen atoms in total. The van der Waals surface area contributed by atoms with Crippen LogP contribution in [0.2, 0.25) is 0 Å². The highest BCUT2D eigenvalue weighted by atomic mass is 16.7. The van der Waals surface area contributed by atoms with Crippen LogP contribution >= 0.6 is 0 Å². The molecule has 8 unspecified atom stereocenters. The number of rotatable bonds is 34. The largest absolute Gasteiger partial charge is 0.394 e. The zero-order chi connectivity index (χ0) is 39.7. The lowest BCUT2D eigenvalue weighted by atomic mass is 9.99. The Labute approximate surface area is 327 Å². The lowest BCUT2D eigenvalue weighted by molar-refractivity contribution is -0.302. The first-order chi connectivity index (χ1) is 26.3. The van der Waals surface area contributed by atoms with E-state index in [0.29, 0.717) is 12.8 Å². The molecule has 1 heterocycles. The van der Waals surface area contributed by atoms with Crippen LogP contribution in [0.3, 0.4) is 0 Å². The fourth-order valence-electron chi connectivity index (χ4n) is 6.36. The molecule has 0 aromatic heterocycles. The molecule has 1 amide bonds. The summed E-state index contributed by atoms with van der Waals surface area (Å²) in [5, 5.41) is 64.4. The van der Waals surface area contributed by atoms with Crippen molar-refractivity contribution in [1.29, 1.82) is 0 Å². The Balaban J connectivity index is 2.52. The van der Waals surface area contributed by atoms with Gasteiger partial charge in [0.05, 0.1) is 25.4 Å². The second-order valence-electron chi connectivity index (χ2n) is 14.9. The summed E-state index contributed by atoms with van der Waals surface area (Å²) in [4.78, 5) is 13.0. The predicted octanol–water partition coefficient (Wildman–Crippen LogP) is 7.25. The Bertz CT molecular complexity index is 1000. The van der Waals surface area contributed by atoms with Crippen LogP contribution in [0.4, 0.5) is 0 Å². The van der Waals surface area contributed by atoms with Crippen molar-refractivity contribution >= 4 is 5.91 Å². The van der Waals surface area contributed by atoms with Gasteiger partial charge in [0.2, 0.25) is 5.91 Å². The van der Waals surface area contributed by atoms with Gasteiger partial charge in [-0.05, 0) is 70.6 Å². The minimum absolute atomic E-state index is 0.285. The number of allylic oxidation sites excluding steroid dienone is 7. The summed E-state index contributed by atoms with van der Waals surface area (Å²) >= 11 is 0. The van der Waals surface area contributed by atoms with Crippen molar-refractivity contribution in [2.45, 2.75) is 210 Å². The summed E-state index contributed by atoms with van der Waals surface area (Å²) in [6.07, 6.45) is 32.0. The Morgan fingerprint density at radius 3 is 1.63 bits per heavy atom. The molecule has 0 aromatic rings. The standard InChI is InChI=1S/C44H79NO9/c1-3-5-7-9-11-13-15-17-19-21-23-25-27-29-31-33-38(48)43(52)45-36(35-53-44-42(51)41(50)40(49)39(34-46)54-44)37(47)32-30-28-26-24-22-20-18-16-14-12-10-8-6-4-2/h14,16,19,21-22,24,30,32,36-42,44,46-51H,3-13,15,17-18,20,23,25-29,31,33-35H2,1-2H3,(H,45,52)/b16-14+,21-19-,24-22+,32-30+. The fraction of sp³-hybridized carbons (Fsp3) is 0.795. The average molecular weight is 766 g/mol. The summed E-state index contributed by atoms with van der Waals surface area (Å²) in [5.41, 5.74) is 0. The molecule has 1 saturated heterocycles. The molecule has 1 rings (SSSR count). The van der Waals surface area contributed by atoms with Crippen molar-refractivity contribution in [3.8, 4) is 0 Å². The second kappa shape index (κ2) is 34.4. The van der Waals surface area contributed by atoms with Crippen molar-refractivity contribution in [3.63, 3.8) is 0 Å². The molecule has 1 fully saturated rings. The van der Waals surface area contributed by atoms with Gasteiger partial charge in [-0.25, -0.2) is 0 Å². The van der Waals surface area contributed by atoms with Gasteiger partial charge in [-0.3, -0.25) is 4.79 Å². The molecule has 0 aliphatic carbocycles. The molecule has 314 valence electrons. The minimum Gasteiger partial charge on any atom is -0.394 e. The van der Waals surface area contributed by atoms with Crippen LogP contribution in [0.25, 0.3) is 0 Å². The van der Waals surface area contributed by atoms with E-state index in [4.69, 9.17) is 9.47 Å². The molecule has 0 aromatic carbocycles. The summed E-state index contributed by atoms with van der Waals surface area (Å²) in [5.74, 6) is -0.643. The third kappa shape index (κ3) is 24.6. The van der Waals surface area contributed by atoms with Crippen molar-refractivity contribution < 1.29 is 44.9 Å². The average Bonchev–Trinajstić information content (AvgIpc) is 3.17.